The van der Waals surface area contributed by atoms with Gasteiger partial charge in [0.15, 0.2) is 5.78 Å². The minimum absolute atomic E-state index is 0.133. The predicted molar refractivity (Wildman–Crippen MR) is 122 cm³/mol. The average molecular weight is 413 g/mol. The van der Waals surface area contributed by atoms with E-state index in [0.29, 0.717) is 18.3 Å². The maximum Gasteiger partial charge on any atom is 0.151 e. The molecule has 3 rings (SSSR count). The Morgan fingerprint density at radius 2 is 1.73 bits per heavy atom. The molecular weight excluding hydrogens is 372 g/mol. The van der Waals surface area contributed by atoms with Gasteiger partial charge in [0.1, 0.15) is 11.5 Å². The third kappa shape index (κ3) is 5.95. The molecule has 0 aromatic heterocycles. The summed E-state index contributed by atoms with van der Waals surface area (Å²) in [6.45, 7) is 5.07. The molecule has 0 N–H and O–H groups in total. The Kier molecular flexibility index (Phi) is 8.96. The highest BCUT2D eigenvalue weighted by molar-refractivity contribution is 6.05. The molecule has 0 aliphatic heterocycles. The summed E-state index contributed by atoms with van der Waals surface area (Å²) in [6.07, 6.45) is 12.6. The lowest BCUT2D eigenvalue weighted by atomic mass is 9.68. The number of hydrogen-bond acceptors (Lipinski definition) is 3. The van der Waals surface area contributed by atoms with Crippen molar-refractivity contribution in [3.05, 3.63) is 29.8 Å². The number of ketones is 2. The smallest absolute Gasteiger partial charge is 0.151 e. The van der Waals surface area contributed by atoms with Gasteiger partial charge in [0.05, 0.1) is 12.5 Å². The van der Waals surface area contributed by atoms with E-state index in [-0.39, 0.29) is 23.4 Å². The first kappa shape index (κ1) is 23.0. The monoisotopic (exact) mass is 412 g/mol. The van der Waals surface area contributed by atoms with E-state index in [1.165, 1.54) is 19.3 Å². The molecule has 2 aliphatic carbocycles. The molecule has 3 unspecified atom stereocenters. The van der Waals surface area contributed by atoms with Crippen LogP contribution >= 0.6 is 0 Å². The van der Waals surface area contributed by atoms with Crippen molar-refractivity contribution in [3.63, 3.8) is 0 Å². The normalized spacial score (nSPS) is 23.9. The maximum absolute atomic E-state index is 13.7. The predicted octanol–water partition coefficient (Wildman–Crippen LogP) is 6.88. The fourth-order valence-electron chi connectivity index (χ4n) is 5.51. The molecule has 1 aromatic carbocycles. The molecule has 30 heavy (non-hydrogen) atoms. The maximum atomic E-state index is 13.7. The zero-order valence-corrected chi connectivity index (χ0v) is 19.0. The van der Waals surface area contributed by atoms with E-state index in [1.54, 1.807) is 0 Å². The van der Waals surface area contributed by atoms with Crippen molar-refractivity contribution in [1.82, 2.24) is 0 Å². The van der Waals surface area contributed by atoms with Crippen molar-refractivity contribution in [2.45, 2.75) is 96.8 Å². The van der Waals surface area contributed by atoms with Gasteiger partial charge in [-0.2, -0.15) is 0 Å². The van der Waals surface area contributed by atoms with Crippen molar-refractivity contribution in [1.29, 1.82) is 0 Å². The van der Waals surface area contributed by atoms with Crippen molar-refractivity contribution >= 4 is 11.6 Å². The summed E-state index contributed by atoms with van der Waals surface area (Å²) in [5.74, 6) is 1.61. The Morgan fingerprint density at radius 1 is 1.00 bits per heavy atom. The molecule has 0 bridgehead atoms. The van der Waals surface area contributed by atoms with E-state index in [9.17, 15) is 9.59 Å². The molecule has 2 saturated carbocycles. The minimum Gasteiger partial charge on any atom is -0.494 e. The standard InChI is InChI=1S/C27H40O3/c1-3-5-18-30-23-15-13-22(14-16-23)26(21-10-7-6-8-11-21)27(29)24-17-12-20(9-4-2)19-25(24)28/h13-16,20-21,24,26H,3-12,17-19H2,1-2H3. The molecule has 0 spiro atoms. The number of unbranched alkanes of at least 4 members (excludes halogenated alkanes) is 1. The van der Waals surface area contributed by atoms with Crippen LogP contribution in [0.1, 0.15) is 102 Å². The summed E-state index contributed by atoms with van der Waals surface area (Å²) >= 11 is 0. The molecule has 0 heterocycles. The van der Waals surface area contributed by atoms with Gasteiger partial charge in [-0.3, -0.25) is 9.59 Å². The van der Waals surface area contributed by atoms with Crippen molar-refractivity contribution in [2.75, 3.05) is 6.61 Å². The topological polar surface area (TPSA) is 43.4 Å². The van der Waals surface area contributed by atoms with Crippen molar-refractivity contribution < 1.29 is 14.3 Å². The van der Waals surface area contributed by atoms with Crippen LogP contribution in [0.5, 0.6) is 5.75 Å². The van der Waals surface area contributed by atoms with Crippen LogP contribution in [-0.4, -0.2) is 18.2 Å². The number of carbonyl (C=O) groups excluding carboxylic acids is 2. The van der Waals surface area contributed by atoms with E-state index in [1.807, 2.05) is 12.1 Å². The van der Waals surface area contributed by atoms with Gasteiger partial charge in [-0.25, -0.2) is 0 Å². The lowest BCUT2D eigenvalue weighted by molar-refractivity contribution is -0.137. The number of hydrogen-bond donors (Lipinski definition) is 0. The fourth-order valence-corrected chi connectivity index (χ4v) is 5.51. The lowest BCUT2D eigenvalue weighted by Crippen LogP contribution is -2.36. The molecule has 3 heteroatoms. The van der Waals surface area contributed by atoms with Gasteiger partial charge in [0.2, 0.25) is 0 Å². The highest BCUT2D eigenvalue weighted by Gasteiger charge is 2.40. The SMILES string of the molecule is CCCCOc1ccc(C(C(=O)C2CCC(CCC)CC2=O)C2CCCCC2)cc1. The van der Waals surface area contributed by atoms with E-state index in [4.69, 9.17) is 4.74 Å². The summed E-state index contributed by atoms with van der Waals surface area (Å²) in [6, 6.07) is 8.17. The van der Waals surface area contributed by atoms with E-state index < -0.39 is 0 Å². The molecular formula is C27H40O3. The van der Waals surface area contributed by atoms with Crippen LogP contribution < -0.4 is 4.74 Å². The van der Waals surface area contributed by atoms with E-state index in [0.717, 1.165) is 69.3 Å². The quantitative estimate of drug-likeness (QED) is 0.310. The second kappa shape index (κ2) is 11.7. The fraction of sp³-hybridized carbons (Fsp3) is 0.704. The number of Topliss-reactive ketones (excluding diaryl/α,β-unsaturated/α-hetero) is 2. The van der Waals surface area contributed by atoms with Crippen LogP contribution in [0.4, 0.5) is 0 Å². The molecule has 166 valence electrons. The molecule has 0 radical (unpaired) electrons. The van der Waals surface area contributed by atoms with Gasteiger partial charge in [-0.1, -0.05) is 64.5 Å². The molecule has 1 aromatic rings. The van der Waals surface area contributed by atoms with Crippen LogP contribution in [0.2, 0.25) is 0 Å². The van der Waals surface area contributed by atoms with Crippen molar-refractivity contribution in [2.24, 2.45) is 17.8 Å². The molecule has 0 saturated heterocycles. The van der Waals surface area contributed by atoms with Crippen LogP contribution in [0.15, 0.2) is 24.3 Å². The third-order valence-corrected chi connectivity index (χ3v) is 7.22. The zero-order chi connectivity index (χ0) is 21.3. The lowest BCUT2D eigenvalue weighted by Gasteiger charge is -2.34. The molecule has 0 amide bonds. The van der Waals surface area contributed by atoms with Gasteiger partial charge in [-0.15, -0.1) is 0 Å². The van der Waals surface area contributed by atoms with Gasteiger partial charge in [-0.05, 0) is 61.6 Å². The summed E-state index contributed by atoms with van der Waals surface area (Å²) in [5, 5.41) is 0. The molecule has 3 nitrogen and oxygen atoms in total. The van der Waals surface area contributed by atoms with Crippen LogP contribution in [-0.2, 0) is 9.59 Å². The summed E-state index contributed by atoms with van der Waals surface area (Å²) in [7, 11) is 0. The highest BCUT2D eigenvalue weighted by Crippen LogP contribution is 2.41. The first-order valence-corrected chi connectivity index (χ1v) is 12.4. The first-order chi connectivity index (χ1) is 14.6. The minimum atomic E-state index is -0.384. The first-order valence-electron chi connectivity index (χ1n) is 12.4. The Bertz CT molecular complexity index is 672. The van der Waals surface area contributed by atoms with Crippen molar-refractivity contribution in [3.8, 4) is 5.75 Å². The van der Waals surface area contributed by atoms with Crippen LogP contribution in [0.25, 0.3) is 0 Å². The Hall–Kier alpha value is -1.64. The Labute approximate surface area is 183 Å². The Morgan fingerprint density at radius 3 is 2.37 bits per heavy atom. The molecule has 3 atom stereocenters. The molecule has 2 fully saturated rings. The van der Waals surface area contributed by atoms with Crippen LogP contribution in [0, 0.1) is 17.8 Å². The number of benzene rings is 1. The Balaban J connectivity index is 1.75. The van der Waals surface area contributed by atoms with Gasteiger partial charge >= 0.3 is 0 Å². The number of ether oxygens (including phenoxy) is 1. The second-order valence-electron chi connectivity index (χ2n) is 9.50. The summed E-state index contributed by atoms with van der Waals surface area (Å²) in [5.41, 5.74) is 1.08. The summed E-state index contributed by atoms with van der Waals surface area (Å²) in [4.78, 5) is 26.6. The second-order valence-corrected chi connectivity index (χ2v) is 9.50. The number of rotatable bonds is 10. The van der Waals surface area contributed by atoms with Gasteiger partial charge in [0.25, 0.3) is 0 Å². The largest absolute Gasteiger partial charge is 0.494 e. The third-order valence-electron chi connectivity index (χ3n) is 7.22. The summed E-state index contributed by atoms with van der Waals surface area (Å²) < 4.78 is 5.82. The van der Waals surface area contributed by atoms with E-state index >= 15 is 0 Å². The zero-order valence-electron chi connectivity index (χ0n) is 19.0. The van der Waals surface area contributed by atoms with Gasteiger partial charge in [0, 0.05) is 12.3 Å². The molecule has 2 aliphatic rings. The number of carbonyl (C=O) groups is 2. The van der Waals surface area contributed by atoms with E-state index in [2.05, 4.69) is 26.0 Å². The average Bonchev–Trinajstić information content (AvgIpc) is 2.76. The van der Waals surface area contributed by atoms with Gasteiger partial charge < -0.3 is 4.74 Å². The highest BCUT2D eigenvalue weighted by atomic mass is 16.5. The van der Waals surface area contributed by atoms with Crippen LogP contribution in [0.3, 0.4) is 0 Å².